The normalized spacial score (nSPS) is 25.5. The summed E-state index contributed by atoms with van der Waals surface area (Å²) in [4.78, 5) is 2.38. The largest absolute Gasteiger partial charge is 0.328 e. The molecule has 0 bridgehead atoms. The summed E-state index contributed by atoms with van der Waals surface area (Å²) in [5, 5.41) is 0. The van der Waals surface area contributed by atoms with Gasteiger partial charge in [0.15, 0.2) is 0 Å². The molecule has 0 amide bonds. The van der Waals surface area contributed by atoms with Gasteiger partial charge in [-0.2, -0.15) is 0 Å². The van der Waals surface area contributed by atoms with Gasteiger partial charge in [0.25, 0.3) is 0 Å². The predicted octanol–water partition coefficient (Wildman–Crippen LogP) is 3.37. The fraction of sp³-hybridized carbons (Fsp3) is 0.647. The molecule has 0 saturated heterocycles. The zero-order chi connectivity index (χ0) is 13.8. The van der Waals surface area contributed by atoms with E-state index in [4.69, 9.17) is 5.73 Å². The highest BCUT2D eigenvalue weighted by Gasteiger charge is 2.28. The van der Waals surface area contributed by atoms with E-state index < -0.39 is 0 Å². The van der Waals surface area contributed by atoms with Crippen molar-refractivity contribution in [3.05, 3.63) is 35.4 Å². The summed E-state index contributed by atoms with van der Waals surface area (Å²) in [6.45, 7) is 2.21. The standard InChI is InChI=1S/C17H28N2/c1-4-13-5-7-14(8-6-13)17(19(2)3)15-9-11-16(18)12-10-15/h5-8,15-17H,4,9-12,18H2,1-3H3. The minimum absolute atomic E-state index is 0.432. The number of nitrogens with zero attached hydrogens (tertiary/aromatic N) is 1. The van der Waals surface area contributed by atoms with Crippen LogP contribution in [0.25, 0.3) is 0 Å². The molecule has 1 aromatic carbocycles. The van der Waals surface area contributed by atoms with Gasteiger partial charge in [-0.1, -0.05) is 31.2 Å². The summed E-state index contributed by atoms with van der Waals surface area (Å²) >= 11 is 0. The van der Waals surface area contributed by atoms with E-state index in [1.54, 1.807) is 0 Å². The number of benzene rings is 1. The first-order valence-electron chi connectivity index (χ1n) is 7.62. The van der Waals surface area contributed by atoms with Crippen LogP contribution in [0, 0.1) is 5.92 Å². The van der Waals surface area contributed by atoms with Gasteiger partial charge in [0.2, 0.25) is 0 Å². The highest BCUT2D eigenvalue weighted by Crippen LogP contribution is 2.37. The Balaban J connectivity index is 2.14. The van der Waals surface area contributed by atoms with Gasteiger partial charge in [-0.05, 0) is 63.2 Å². The number of rotatable bonds is 4. The second kappa shape index (κ2) is 6.53. The van der Waals surface area contributed by atoms with Crippen LogP contribution in [-0.4, -0.2) is 25.0 Å². The van der Waals surface area contributed by atoms with E-state index in [2.05, 4.69) is 50.2 Å². The minimum atomic E-state index is 0.432. The van der Waals surface area contributed by atoms with Gasteiger partial charge in [-0.25, -0.2) is 0 Å². The molecule has 1 aromatic rings. The molecule has 1 fully saturated rings. The van der Waals surface area contributed by atoms with Crippen LogP contribution in [0.1, 0.15) is 49.8 Å². The fourth-order valence-corrected chi connectivity index (χ4v) is 3.40. The molecule has 1 unspecified atom stereocenters. The molecule has 1 aliphatic rings. The molecule has 2 rings (SSSR count). The highest BCUT2D eigenvalue weighted by molar-refractivity contribution is 5.25. The fourth-order valence-electron chi connectivity index (χ4n) is 3.40. The van der Waals surface area contributed by atoms with Gasteiger partial charge in [0, 0.05) is 12.1 Å². The van der Waals surface area contributed by atoms with Crippen molar-refractivity contribution in [1.82, 2.24) is 4.90 Å². The third-order valence-corrected chi connectivity index (χ3v) is 4.55. The second-order valence-corrected chi connectivity index (χ2v) is 6.18. The summed E-state index contributed by atoms with van der Waals surface area (Å²) in [6.07, 6.45) is 6.01. The molecule has 2 N–H and O–H groups in total. The summed E-state index contributed by atoms with van der Waals surface area (Å²) in [5.41, 5.74) is 8.92. The van der Waals surface area contributed by atoms with Gasteiger partial charge in [0.05, 0.1) is 0 Å². The predicted molar refractivity (Wildman–Crippen MR) is 82.2 cm³/mol. The molecule has 19 heavy (non-hydrogen) atoms. The van der Waals surface area contributed by atoms with Crippen molar-refractivity contribution >= 4 is 0 Å². The van der Waals surface area contributed by atoms with E-state index in [9.17, 15) is 0 Å². The van der Waals surface area contributed by atoms with Crippen molar-refractivity contribution in [2.75, 3.05) is 14.1 Å². The van der Waals surface area contributed by atoms with Gasteiger partial charge < -0.3 is 10.6 Å². The van der Waals surface area contributed by atoms with E-state index >= 15 is 0 Å². The van der Waals surface area contributed by atoms with Crippen LogP contribution >= 0.6 is 0 Å². The molecular weight excluding hydrogens is 232 g/mol. The zero-order valence-electron chi connectivity index (χ0n) is 12.6. The van der Waals surface area contributed by atoms with Gasteiger partial charge in [-0.15, -0.1) is 0 Å². The van der Waals surface area contributed by atoms with Crippen LogP contribution in [0.3, 0.4) is 0 Å². The van der Waals surface area contributed by atoms with E-state index in [0.717, 1.165) is 12.3 Å². The lowest BCUT2D eigenvalue weighted by molar-refractivity contribution is 0.164. The molecule has 1 aliphatic carbocycles. The van der Waals surface area contributed by atoms with Crippen LogP contribution in [-0.2, 0) is 6.42 Å². The number of hydrogen-bond acceptors (Lipinski definition) is 2. The summed E-state index contributed by atoms with van der Waals surface area (Å²) in [5.74, 6) is 0.752. The molecular formula is C17H28N2. The highest BCUT2D eigenvalue weighted by atomic mass is 15.1. The third kappa shape index (κ3) is 3.58. The molecule has 2 heteroatoms. The topological polar surface area (TPSA) is 29.3 Å². The zero-order valence-corrected chi connectivity index (χ0v) is 12.6. The van der Waals surface area contributed by atoms with E-state index in [1.807, 2.05) is 0 Å². The van der Waals surface area contributed by atoms with Crippen molar-refractivity contribution < 1.29 is 0 Å². The molecule has 0 heterocycles. The Kier molecular flexibility index (Phi) is 5.00. The van der Waals surface area contributed by atoms with Crippen LogP contribution in [0.2, 0.25) is 0 Å². The lowest BCUT2D eigenvalue weighted by Gasteiger charge is -2.36. The van der Waals surface area contributed by atoms with E-state index in [1.165, 1.54) is 36.8 Å². The first-order chi connectivity index (χ1) is 9.11. The van der Waals surface area contributed by atoms with Crippen molar-refractivity contribution in [2.45, 2.75) is 51.1 Å². The first kappa shape index (κ1) is 14.5. The Labute approximate surface area is 118 Å². The first-order valence-corrected chi connectivity index (χ1v) is 7.62. The van der Waals surface area contributed by atoms with Crippen molar-refractivity contribution in [3.8, 4) is 0 Å². The van der Waals surface area contributed by atoms with Crippen LogP contribution in [0.15, 0.2) is 24.3 Å². The lowest BCUT2D eigenvalue weighted by Crippen LogP contribution is -2.34. The molecule has 2 nitrogen and oxygen atoms in total. The molecule has 0 aliphatic heterocycles. The molecule has 0 spiro atoms. The smallest absolute Gasteiger partial charge is 0.0370 e. The van der Waals surface area contributed by atoms with Crippen LogP contribution in [0.4, 0.5) is 0 Å². The van der Waals surface area contributed by atoms with Crippen molar-refractivity contribution in [3.63, 3.8) is 0 Å². The van der Waals surface area contributed by atoms with Gasteiger partial charge in [-0.3, -0.25) is 0 Å². The average molecular weight is 260 g/mol. The Morgan fingerprint density at radius 3 is 2.16 bits per heavy atom. The van der Waals surface area contributed by atoms with Crippen molar-refractivity contribution in [2.24, 2.45) is 11.7 Å². The van der Waals surface area contributed by atoms with E-state index in [0.29, 0.717) is 12.1 Å². The summed E-state index contributed by atoms with van der Waals surface area (Å²) < 4.78 is 0. The summed E-state index contributed by atoms with van der Waals surface area (Å²) in [7, 11) is 4.40. The monoisotopic (exact) mass is 260 g/mol. The Bertz CT molecular complexity index is 375. The molecule has 1 atom stereocenters. The van der Waals surface area contributed by atoms with Crippen LogP contribution < -0.4 is 5.73 Å². The molecule has 1 saturated carbocycles. The summed E-state index contributed by atoms with van der Waals surface area (Å²) in [6, 6.07) is 10.2. The number of hydrogen-bond donors (Lipinski definition) is 1. The van der Waals surface area contributed by atoms with Crippen LogP contribution in [0.5, 0.6) is 0 Å². The number of nitrogens with two attached hydrogens (primary N) is 1. The number of aryl methyl sites for hydroxylation is 1. The third-order valence-electron chi connectivity index (χ3n) is 4.55. The molecule has 0 aromatic heterocycles. The minimum Gasteiger partial charge on any atom is -0.328 e. The maximum absolute atomic E-state index is 6.04. The lowest BCUT2D eigenvalue weighted by atomic mass is 9.79. The quantitative estimate of drug-likeness (QED) is 0.899. The molecule has 0 radical (unpaired) electrons. The maximum atomic E-state index is 6.04. The Morgan fingerprint density at radius 2 is 1.68 bits per heavy atom. The van der Waals surface area contributed by atoms with Gasteiger partial charge in [0.1, 0.15) is 0 Å². The van der Waals surface area contributed by atoms with Gasteiger partial charge >= 0.3 is 0 Å². The van der Waals surface area contributed by atoms with Crippen molar-refractivity contribution in [1.29, 1.82) is 0 Å². The average Bonchev–Trinajstić information content (AvgIpc) is 2.42. The second-order valence-electron chi connectivity index (χ2n) is 6.18. The van der Waals surface area contributed by atoms with E-state index in [-0.39, 0.29) is 0 Å². The Hall–Kier alpha value is -0.860. The molecule has 106 valence electrons. The SMILES string of the molecule is CCc1ccc(C(C2CCC(N)CC2)N(C)C)cc1. The maximum Gasteiger partial charge on any atom is 0.0370 e. The Morgan fingerprint density at radius 1 is 1.11 bits per heavy atom.